The molecule has 3 rings (SSSR count). The Kier molecular flexibility index (Phi) is 4.05. The van der Waals surface area contributed by atoms with Crippen LogP contribution in [-0.4, -0.2) is 23.7 Å². The molecule has 3 nitrogen and oxygen atoms in total. The summed E-state index contributed by atoms with van der Waals surface area (Å²) in [5.74, 6) is 0.860. The highest BCUT2D eigenvalue weighted by Gasteiger charge is 2.18. The van der Waals surface area contributed by atoms with Crippen LogP contribution in [0.3, 0.4) is 0 Å². The zero-order valence-corrected chi connectivity index (χ0v) is 12.0. The van der Waals surface area contributed by atoms with Gasteiger partial charge in [0.2, 0.25) is 0 Å². The van der Waals surface area contributed by atoms with Crippen molar-refractivity contribution < 1.29 is 0 Å². The van der Waals surface area contributed by atoms with E-state index in [4.69, 9.17) is 5.73 Å². The second-order valence-electron chi connectivity index (χ2n) is 5.93. The minimum atomic E-state index is 0.805. The lowest BCUT2D eigenvalue weighted by Gasteiger charge is -2.30. The second-order valence-corrected chi connectivity index (χ2v) is 5.93. The van der Waals surface area contributed by atoms with Gasteiger partial charge in [0.25, 0.3) is 0 Å². The largest absolute Gasteiger partial charge is 0.399 e. The summed E-state index contributed by atoms with van der Waals surface area (Å²) in [7, 11) is 0. The van der Waals surface area contributed by atoms with Gasteiger partial charge >= 0.3 is 0 Å². The summed E-state index contributed by atoms with van der Waals surface area (Å²) in [5, 5.41) is 0. The van der Waals surface area contributed by atoms with Gasteiger partial charge in [-0.2, -0.15) is 0 Å². The Morgan fingerprint density at radius 3 is 2.60 bits per heavy atom. The van der Waals surface area contributed by atoms with Crippen LogP contribution < -0.4 is 5.73 Å². The number of hydrogen-bond donors (Lipinski definition) is 1. The van der Waals surface area contributed by atoms with E-state index in [1.165, 1.54) is 44.2 Å². The van der Waals surface area contributed by atoms with Crippen LogP contribution in [0.1, 0.15) is 37.7 Å². The molecule has 0 bridgehead atoms. The molecule has 1 aromatic rings. The van der Waals surface area contributed by atoms with E-state index in [9.17, 15) is 0 Å². The van der Waals surface area contributed by atoms with Crippen LogP contribution in [-0.2, 0) is 0 Å². The van der Waals surface area contributed by atoms with Crippen molar-refractivity contribution in [1.82, 2.24) is 4.90 Å². The van der Waals surface area contributed by atoms with Crippen molar-refractivity contribution in [2.45, 2.75) is 32.1 Å². The van der Waals surface area contributed by atoms with Gasteiger partial charge in [-0.15, -0.1) is 0 Å². The SMILES string of the molecule is Nc1ccc(C2=NC=CN(CC3CCCCC3)C2)cc1. The number of nitrogens with two attached hydrogens (primary N) is 1. The quantitative estimate of drug-likeness (QED) is 0.854. The molecular formula is C17H23N3. The molecule has 3 heteroatoms. The van der Waals surface area contributed by atoms with Gasteiger partial charge in [0.1, 0.15) is 0 Å². The van der Waals surface area contributed by atoms with Crippen molar-refractivity contribution in [3.05, 3.63) is 42.2 Å². The lowest BCUT2D eigenvalue weighted by atomic mass is 9.89. The molecule has 1 aliphatic heterocycles. The number of aliphatic imine (C=N–C) groups is 1. The van der Waals surface area contributed by atoms with Crippen molar-refractivity contribution in [2.24, 2.45) is 10.9 Å². The molecule has 0 unspecified atom stereocenters. The van der Waals surface area contributed by atoms with Crippen molar-refractivity contribution in [2.75, 3.05) is 18.8 Å². The van der Waals surface area contributed by atoms with E-state index in [1.54, 1.807) is 0 Å². The number of anilines is 1. The Balaban J connectivity index is 1.62. The highest BCUT2D eigenvalue weighted by Crippen LogP contribution is 2.25. The average molecular weight is 269 g/mol. The predicted octanol–water partition coefficient (Wildman–Crippen LogP) is 3.43. The molecule has 1 heterocycles. The molecule has 2 aliphatic rings. The highest BCUT2D eigenvalue weighted by molar-refractivity contribution is 6.03. The fraction of sp³-hybridized carbons (Fsp3) is 0.471. The number of benzene rings is 1. The third-order valence-electron chi connectivity index (χ3n) is 4.32. The van der Waals surface area contributed by atoms with Crippen LogP contribution in [0.2, 0.25) is 0 Å². The van der Waals surface area contributed by atoms with Crippen molar-refractivity contribution >= 4 is 11.4 Å². The topological polar surface area (TPSA) is 41.6 Å². The zero-order chi connectivity index (χ0) is 13.8. The molecular weight excluding hydrogens is 246 g/mol. The molecule has 1 saturated carbocycles. The minimum Gasteiger partial charge on any atom is -0.399 e. The zero-order valence-electron chi connectivity index (χ0n) is 12.0. The van der Waals surface area contributed by atoms with E-state index in [2.05, 4.69) is 28.2 Å². The van der Waals surface area contributed by atoms with Crippen LogP contribution in [0, 0.1) is 5.92 Å². The van der Waals surface area contributed by atoms with Crippen LogP contribution in [0.25, 0.3) is 0 Å². The molecule has 0 saturated heterocycles. The van der Waals surface area contributed by atoms with Gasteiger partial charge in [-0.3, -0.25) is 4.99 Å². The molecule has 20 heavy (non-hydrogen) atoms. The summed E-state index contributed by atoms with van der Waals surface area (Å²) in [5.41, 5.74) is 8.87. The first kappa shape index (κ1) is 13.2. The number of nitrogens with zero attached hydrogens (tertiary/aromatic N) is 2. The molecule has 106 valence electrons. The summed E-state index contributed by atoms with van der Waals surface area (Å²) in [6.45, 7) is 2.08. The van der Waals surface area contributed by atoms with Crippen LogP contribution in [0.15, 0.2) is 41.7 Å². The molecule has 0 spiro atoms. The van der Waals surface area contributed by atoms with E-state index >= 15 is 0 Å². The monoisotopic (exact) mass is 269 g/mol. The van der Waals surface area contributed by atoms with Crippen LogP contribution >= 0.6 is 0 Å². The van der Waals surface area contributed by atoms with Crippen LogP contribution in [0.4, 0.5) is 5.69 Å². The van der Waals surface area contributed by atoms with Crippen molar-refractivity contribution in [1.29, 1.82) is 0 Å². The maximum absolute atomic E-state index is 5.74. The van der Waals surface area contributed by atoms with Gasteiger partial charge < -0.3 is 10.6 Å². The first-order chi connectivity index (χ1) is 9.81. The van der Waals surface area contributed by atoms with E-state index in [0.29, 0.717) is 0 Å². The van der Waals surface area contributed by atoms with Crippen LogP contribution in [0.5, 0.6) is 0 Å². The summed E-state index contributed by atoms with van der Waals surface area (Å²) < 4.78 is 0. The Morgan fingerprint density at radius 2 is 1.85 bits per heavy atom. The Morgan fingerprint density at radius 1 is 1.10 bits per heavy atom. The smallest absolute Gasteiger partial charge is 0.0669 e. The number of hydrogen-bond acceptors (Lipinski definition) is 3. The fourth-order valence-corrected chi connectivity index (χ4v) is 3.17. The Hall–Kier alpha value is -1.77. The van der Waals surface area contributed by atoms with Crippen molar-refractivity contribution in [3.8, 4) is 0 Å². The van der Waals surface area contributed by atoms with Gasteiger partial charge in [-0.25, -0.2) is 0 Å². The van der Waals surface area contributed by atoms with E-state index in [1.807, 2.05) is 18.3 Å². The number of rotatable bonds is 3. The third kappa shape index (κ3) is 3.21. The van der Waals surface area contributed by atoms with Crippen molar-refractivity contribution in [3.63, 3.8) is 0 Å². The maximum atomic E-state index is 5.74. The molecule has 1 aliphatic carbocycles. The van der Waals surface area contributed by atoms with E-state index in [-0.39, 0.29) is 0 Å². The normalized spacial score (nSPS) is 20.0. The molecule has 2 N–H and O–H groups in total. The number of nitrogen functional groups attached to an aromatic ring is 1. The van der Waals surface area contributed by atoms with Gasteiger partial charge in [-0.05, 0) is 36.5 Å². The Labute approximate surface area is 121 Å². The predicted molar refractivity (Wildman–Crippen MR) is 84.7 cm³/mol. The minimum absolute atomic E-state index is 0.805. The standard InChI is InChI=1S/C17H23N3/c18-16-8-6-15(7-9-16)17-13-20(11-10-19-17)12-14-4-2-1-3-5-14/h6-11,14H,1-5,12-13,18H2. The second kappa shape index (κ2) is 6.12. The van der Waals surface area contributed by atoms with E-state index < -0.39 is 0 Å². The first-order valence-corrected chi connectivity index (χ1v) is 7.64. The van der Waals surface area contributed by atoms with Gasteiger partial charge in [-0.1, -0.05) is 31.4 Å². The fourth-order valence-electron chi connectivity index (χ4n) is 3.17. The van der Waals surface area contributed by atoms with E-state index in [0.717, 1.165) is 23.9 Å². The molecule has 0 radical (unpaired) electrons. The lowest BCUT2D eigenvalue weighted by Crippen LogP contribution is -2.32. The molecule has 1 aromatic carbocycles. The van der Waals surface area contributed by atoms with Gasteiger partial charge in [0, 0.05) is 24.6 Å². The first-order valence-electron chi connectivity index (χ1n) is 7.64. The summed E-state index contributed by atoms with van der Waals surface area (Å²) in [6, 6.07) is 8.02. The van der Waals surface area contributed by atoms with Gasteiger partial charge in [0.15, 0.2) is 0 Å². The summed E-state index contributed by atoms with van der Waals surface area (Å²) in [4.78, 5) is 6.94. The summed E-state index contributed by atoms with van der Waals surface area (Å²) in [6.07, 6.45) is 11.1. The molecule has 1 fully saturated rings. The lowest BCUT2D eigenvalue weighted by molar-refractivity contribution is 0.270. The third-order valence-corrected chi connectivity index (χ3v) is 4.32. The average Bonchev–Trinajstić information content (AvgIpc) is 2.49. The molecule has 0 aromatic heterocycles. The van der Waals surface area contributed by atoms with Gasteiger partial charge in [0.05, 0.1) is 12.3 Å². The molecule has 0 amide bonds. The molecule has 0 atom stereocenters. The Bertz CT molecular complexity index is 495. The summed E-state index contributed by atoms with van der Waals surface area (Å²) >= 11 is 0. The maximum Gasteiger partial charge on any atom is 0.0669 e. The highest BCUT2D eigenvalue weighted by atomic mass is 15.1.